The van der Waals surface area contributed by atoms with Crippen molar-refractivity contribution in [1.82, 2.24) is 9.80 Å². The van der Waals surface area contributed by atoms with E-state index in [-0.39, 0.29) is 30.6 Å². The Morgan fingerprint density at radius 1 is 1.00 bits per heavy atom. The molecular weight excluding hydrogens is 397 g/mol. The topological polar surface area (TPSA) is 66.6 Å². The van der Waals surface area contributed by atoms with Crippen molar-refractivity contribution >= 4 is 35.8 Å². The fraction of sp³-hybridized carbons (Fsp3) is 0.333. The molecule has 0 radical (unpaired) electrons. The Labute approximate surface area is 176 Å². The Morgan fingerprint density at radius 2 is 1.57 bits per heavy atom. The van der Waals surface area contributed by atoms with Gasteiger partial charge in [0.1, 0.15) is 6.04 Å². The van der Waals surface area contributed by atoms with Gasteiger partial charge in [-0.05, 0) is 24.1 Å². The van der Waals surface area contributed by atoms with E-state index in [0.717, 1.165) is 16.7 Å². The maximum Gasteiger partial charge on any atom is 0.244 e. The van der Waals surface area contributed by atoms with E-state index in [9.17, 15) is 9.59 Å². The lowest BCUT2D eigenvalue weighted by atomic mass is 10.0. The molecule has 7 heteroatoms. The van der Waals surface area contributed by atoms with Crippen molar-refractivity contribution in [2.24, 2.45) is 5.73 Å². The molecule has 2 aromatic carbocycles. The molecule has 1 aliphatic rings. The Balaban J connectivity index is 0.00000280. The summed E-state index contributed by atoms with van der Waals surface area (Å²) >= 11 is 6.14. The molecule has 0 saturated carbocycles. The van der Waals surface area contributed by atoms with Gasteiger partial charge >= 0.3 is 0 Å². The highest BCUT2D eigenvalue weighted by atomic mass is 35.5. The first-order valence-electron chi connectivity index (χ1n) is 9.08. The number of carbonyl (C=O) groups is 2. The molecule has 1 unspecified atom stereocenters. The third-order valence-electron chi connectivity index (χ3n) is 4.95. The molecule has 1 fully saturated rings. The fourth-order valence-electron chi connectivity index (χ4n) is 3.21. The van der Waals surface area contributed by atoms with Crippen molar-refractivity contribution in [1.29, 1.82) is 0 Å². The lowest BCUT2D eigenvalue weighted by Gasteiger charge is -2.36. The van der Waals surface area contributed by atoms with E-state index in [4.69, 9.17) is 17.3 Å². The zero-order valence-electron chi connectivity index (χ0n) is 15.8. The SMILES string of the molecule is Cc1ccc(C(N)C(=O)N2CCN(C(=O)Cc3ccccc3Cl)CC2)cc1.Cl. The number of nitrogens with two attached hydrogens (primary N) is 1. The number of rotatable bonds is 4. The first-order chi connectivity index (χ1) is 13.0. The van der Waals surface area contributed by atoms with E-state index < -0.39 is 6.04 Å². The molecule has 2 aromatic rings. The van der Waals surface area contributed by atoms with Gasteiger partial charge in [-0.25, -0.2) is 0 Å². The molecule has 0 bridgehead atoms. The molecule has 5 nitrogen and oxygen atoms in total. The van der Waals surface area contributed by atoms with Gasteiger partial charge in [-0.2, -0.15) is 0 Å². The largest absolute Gasteiger partial charge is 0.339 e. The van der Waals surface area contributed by atoms with E-state index in [0.29, 0.717) is 31.2 Å². The molecule has 0 spiro atoms. The number of amides is 2. The number of nitrogens with zero attached hydrogens (tertiary/aromatic N) is 2. The lowest BCUT2D eigenvalue weighted by molar-refractivity contribution is -0.140. The van der Waals surface area contributed by atoms with Gasteiger partial charge in [0.2, 0.25) is 11.8 Å². The highest BCUT2D eigenvalue weighted by Crippen LogP contribution is 2.18. The summed E-state index contributed by atoms with van der Waals surface area (Å²) in [5.74, 6) is -0.0740. The molecule has 1 heterocycles. The van der Waals surface area contributed by atoms with Crippen LogP contribution in [0.3, 0.4) is 0 Å². The minimum Gasteiger partial charge on any atom is -0.339 e. The summed E-state index contributed by atoms with van der Waals surface area (Å²) in [5, 5.41) is 0.601. The number of aryl methyl sites for hydroxylation is 1. The van der Waals surface area contributed by atoms with Gasteiger partial charge in [0.25, 0.3) is 0 Å². The maximum absolute atomic E-state index is 12.7. The summed E-state index contributed by atoms with van der Waals surface area (Å²) in [6.07, 6.45) is 0.274. The fourth-order valence-corrected chi connectivity index (χ4v) is 3.41. The molecular formula is C21H25Cl2N3O2. The molecule has 2 N–H and O–H groups in total. The van der Waals surface area contributed by atoms with Gasteiger partial charge in [0, 0.05) is 31.2 Å². The van der Waals surface area contributed by atoms with Crippen LogP contribution < -0.4 is 5.73 Å². The Bertz CT molecular complexity index is 819. The summed E-state index contributed by atoms with van der Waals surface area (Å²) in [4.78, 5) is 28.7. The van der Waals surface area contributed by atoms with Crippen LogP contribution in [-0.2, 0) is 16.0 Å². The third-order valence-corrected chi connectivity index (χ3v) is 5.31. The van der Waals surface area contributed by atoms with Gasteiger partial charge < -0.3 is 15.5 Å². The zero-order valence-corrected chi connectivity index (χ0v) is 17.4. The van der Waals surface area contributed by atoms with E-state index in [1.807, 2.05) is 49.4 Å². The smallest absolute Gasteiger partial charge is 0.244 e. The molecule has 0 aliphatic carbocycles. The van der Waals surface area contributed by atoms with Crippen LogP contribution in [0.4, 0.5) is 0 Å². The molecule has 1 aliphatic heterocycles. The Morgan fingerprint density at radius 3 is 2.18 bits per heavy atom. The molecule has 1 saturated heterocycles. The Kier molecular flexibility index (Phi) is 7.87. The van der Waals surface area contributed by atoms with E-state index in [2.05, 4.69) is 0 Å². The molecule has 1 atom stereocenters. The first-order valence-corrected chi connectivity index (χ1v) is 9.45. The highest BCUT2D eigenvalue weighted by molar-refractivity contribution is 6.31. The summed E-state index contributed by atoms with van der Waals surface area (Å²) in [5.41, 5.74) is 8.91. The molecule has 28 heavy (non-hydrogen) atoms. The van der Waals surface area contributed by atoms with Crippen LogP contribution in [0.2, 0.25) is 5.02 Å². The standard InChI is InChI=1S/C21H24ClN3O2.ClH/c1-15-6-8-16(9-7-15)20(23)21(27)25-12-10-24(11-13-25)19(26)14-17-4-2-3-5-18(17)22;/h2-9,20H,10-14,23H2,1H3;1H. The predicted octanol–water partition coefficient (Wildman–Crippen LogP) is 2.98. The molecule has 0 aromatic heterocycles. The maximum atomic E-state index is 12.7. The number of benzene rings is 2. The first kappa shape index (κ1) is 22.2. The average molecular weight is 422 g/mol. The van der Waals surface area contributed by atoms with Crippen LogP contribution in [0, 0.1) is 6.92 Å². The third kappa shape index (κ3) is 5.25. The zero-order chi connectivity index (χ0) is 19.4. The van der Waals surface area contributed by atoms with E-state index in [1.165, 1.54) is 0 Å². The van der Waals surface area contributed by atoms with Crippen molar-refractivity contribution in [3.05, 3.63) is 70.2 Å². The van der Waals surface area contributed by atoms with Crippen molar-refractivity contribution in [2.45, 2.75) is 19.4 Å². The van der Waals surface area contributed by atoms with Gasteiger partial charge in [-0.3, -0.25) is 9.59 Å². The minimum atomic E-state index is -0.670. The van der Waals surface area contributed by atoms with Gasteiger partial charge in [-0.15, -0.1) is 12.4 Å². The van der Waals surface area contributed by atoms with Crippen LogP contribution in [0.5, 0.6) is 0 Å². The summed E-state index contributed by atoms with van der Waals surface area (Å²) in [7, 11) is 0. The van der Waals surface area contributed by atoms with Crippen molar-refractivity contribution in [3.8, 4) is 0 Å². The van der Waals surface area contributed by atoms with Crippen molar-refractivity contribution in [2.75, 3.05) is 26.2 Å². The van der Waals surface area contributed by atoms with Gasteiger partial charge in [0.15, 0.2) is 0 Å². The number of carbonyl (C=O) groups excluding carboxylic acids is 2. The second-order valence-electron chi connectivity index (χ2n) is 6.86. The molecule has 2 amide bonds. The van der Waals surface area contributed by atoms with Crippen molar-refractivity contribution in [3.63, 3.8) is 0 Å². The second-order valence-corrected chi connectivity index (χ2v) is 7.27. The van der Waals surface area contributed by atoms with Crippen LogP contribution in [-0.4, -0.2) is 47.8 Å². The van der Waals surface area contributed by atoms with Gasteiger partial charge in [-0.1, -0.05) is 59.6 Å². The highest BCUT2D eigenvalue weighted by Gasteiger charge is 2.28. The van der Waals surface area contributed by atoms with Crippen molar-refractivity contribution < 1.29 is 9.59 Å². The van der Waals surface area contributed by atoms with Crippen LogP contribution in [0.25, 0.3) is 0 Å². The molecule has 150 valence electrons. The Hall–Kier alpha value is -2.08. The predicted molar refractivity (Wildman–Crippen MR) is 114 cm³/mol. The minimum absolute atomic E-state index is 0. The lowest BCUT2D eigenvalue weighted by Crippen LogP contribution is -2.52. The summed E-state index contributed by atoms with van der Waals surface area (Å²) in [6.45, 7) is 4.00. The molecule has 3 rings (SSSR count). The van der Waals surface area contributed by atoms with Crippen LogP contribution in [0.15, 0.2) is 48.5 Å². The van der Waals surface area contributed by atoms with Crippen LogP contribution in [0.1, 0.15) is 22.7 Å². The summed E-state index contributed by atoms with van der Waals surface area (Å²) in [6, 6.07) is 14.4. The second kappa shape index (κ2) is 9.92. The average Bonchev–Trinajstić information content (AvgIpc) is 2.69. The summed E-state index contributed by atoms with van der Waals surface area (Å²) < 4.78 is 0. The number of halogens is 2. The monoisotopic (exact) mass is 421 g/mol. The number of hydrogen-bond donors (Lipinski definition) is 1. The van der Waals surface area contributed by atoms with E-state index >= 15 is 0 Å². The van der Waals surface area contributed by atoms with Crippen LogP contribution >= 0.6 is 24.0 Å². The van der Waals surface area contributed by atoms with E-state index in [1.54, 1.807) is 15.9 Å². The van der Waals surface area contributed by atoms with Gasteiger partial charge in [0.05, 0.1) is 6.42 Å². The number of piperazine rings is 1. The normalized spacial score (nSPS) is 15.0. The quantitative estimate of drug-likeness (QED) is 0.824. The number of hydrogen-bond acceptors (Lipinski definition) is 3.